The van der Waals surface area contributed by atoms with Gasteiger partial charge in [-0.15, -0.1) is 0 Å². The Labute approximate surface area is 104 Å². The molecule has 0 saturated carbocycles. The zero-order chi connectivity index (χ0) is 11.9. The lowest BCUT2D eigenvalue weighted by Gasteiger charge is -2.15. The molecule has 0 spiro atoms. The van der Waals surface area contributed by atoms with Crippen molar-refractivity contribution >= 4 is 39.9 Å². The molecular weight excluding hydrogens is 245 g/mol. The highest BCUT2D eigenvalue weighted by atomic mass is 35.5. The van der Waals surface area contributed by atoms with Crippen LogP contribution in [0.15, 0.2) is 12.1 Å². The van der Waals surface area contributed by atoms with E-state index in [1.807, 2.05) is 38.1 Å². The van der Waals surface area contributed by atoms with Crippen molar-refractivity contribution in [2.24, 2.45) is 0 Å². The molecule has 1 heterocycles. The lowest BCUT2D eigenvalue weighted by Crippen LogP contribution is -2.12. The lowest BCUT2D eigenvalue weighted by atomic mass is 10.1. The van der Waals surface area contributed by atoms with E-state index in [-0.39, 0.29) is 5.28 Å². The number of anilines is 1. The van der Waals surface area contributed by atoms with E-state index in [1.54, 1.807) is 0 Å². The van der Waals surface area contributed by atoms with Crippen LogP contribution in [0.4, 0.5) is 5.82 Å². The van der Waals surface area contributed by atoms with Crippen LogP contribution in [-0.2, 0) is 0 Å². The maximum atomic E-state index is 6.05. The predicted molar refractivity (Wildman–Crippen MR) is 68.6 cm³/mol. The number of rotatable bonds is 1. The summed E-state index contributed by atoms with van der Waals surface area (Å²) in [5.41, 5.74) is 1.72. The molecule has 0 aliphatic carbocycles. The van der Waals surface area contributed by atoms with Gasteiger partial charge in [0.1, 0.15) is 5.82 Å². The van der Waals surface area contributed by atoms with Crippen LogP contribution in [0.3, 0.4) is 0 Å². The van der Waals surface area contributed by atoms with Gasteiger partial charge in [-0.05, 0) is 36.2 Å². The molecule has 0 amide bonds. The summed E-state index contributed by atoms with van der Waals surface area (Å²) in [6.45, 7) is 1.92. The minimum atomic E-state index is 0.238. The first-order valence-corrected chi connectivity index (χ1v) is 5.56. The van der Waals surface area contributed by atoms with Gasteiger partial charge in [0.25, 0.3) is 0 Å². The van der Waals surface area contributed by atoms with Crippen molar-refractivity contribution in [3.8, 4) is 0 Å². The Morgan fingerprint density at radius 2 is 1.81 bits per heavy atom. The number of benzene rings is 1. The third kappa shape index (κ3) is 1.81. The van der Waals surface area contributed by atoms with Gasteiger partial charge in [0, 0.05) is 24.5 Å². The van der Waals surface area contributed by atoms with E-state index in [1.165, 1.54) is 0 Å². The molecule has 84 valence electrons. The smallest absolute Gasteiger partial charge is 0.224 e. The summed E-state index contributed by atoms with van der Waals surface area (Å²) in [5.74, 6) is 0.801. The summed E-state index contributed by atoms with van der Waals surface area (Å²) in [7, 11) is 3.84. The van der Waals surface area contributed by atoms with Crippen LogP contribution in [0, 0.1) is 6.92 Å². The summed E-state index contributed by atoms with van der Waals surface area (Å²) < 4.78 is 0. The number of fused-ring (bicyclic) bond motifs is 1. The minimum absolute atomic E-state index is 0.238. The number of hydrogen-bond donors (Lipinski definition) is 0. The molecule has 2 rings (SSSR count). The van der Waals surface area contributed by atoms with Crippen LogP contribution >= 0.6 is 23.2 Å². The highest BCUT2D eigenvalue weighted by Crippen LogP contribution is 2.29. The molecule has 16 heavy (non-hydrogen) atoms. The molecule has 1 aromatic heterocycles. The van der Waals surface area contributed by atoms with Gasteiger partial charge in [0.2, 0.25) is 5.28 Å². The van der Waals surface area contributed by atoms with E-state index in [4.69, 9.17) is 23.2 Å². The van der Waals surface area contributed by atoms with Crippen molar-refractivity contribution in [2.45, 2.75) is 6.92 Å². The number of hydrogen-bond acceptors (Lipinski definition) is 3. The number of nitrogens with zero attached hydrogens (tertiary/aromatic N) is 3. The fourth-order valence-electron chi connectivity index (χ4n) is 1.61. The molecule has 0 bridgehead atoms. The molecule has 0 aliphatic heterocycles. The van der Waals surface area contributed by atoms with Crippen LogP contribution in [-0.4, -0.2) is 24.1 Å². The summed E-state index contributed by atoms with van der Waals surface area (Å²) in [6.07, 6.45) is 0. The normalized spacial score (nSPS) is 10.8. The van der Waals surface area contributed by atoms with Crippen molar-refractivity contribution in [1.29, 1.82) is 0 Å². The average molecular weight is 256 g/mol. The van der Waals surface area contributed by atoms with Crippen LogP contribution in [0.25, 0.3) is 10.9 Å². The molecule has 0 fully saturated rings. The summed E-state index contributed by atoms with van der Waals surface area (Å²) in [4.78, 5) is 10.3. The van der Waals surface area contributed by atoms with E-state index in [9.17, 15) is 0 Å². The van der Waals surface area contributed by atoms with Crippen LogP contribution in [0.1, 0.15) is 5.56 Å². The molecule has 0 radical (unpaired) electrons. The average Bonchev–Trinajstić information content (AvgIpc) is 2.23. The van der Waals surface area contributed by atoms with Crippen molar-refractivity contribution in [1.82, 2.24) is 9.97 Å². The van der Waals surface area contributed by atoms with Crippen molar-refractivity contribution in [2.75, 3.05) is 19.0 Å². The SMILES string of the molecule is Cc1c(Cl)ccc2c(N(C)C)nc(Cl)nc12. The molecule has 5 heteroatoms. The van der Waals surface area contributed by atoms with E-state index in [0.29, 0.717) is 5.02 Å². The first-order chi connectivity index (χ1) is 7.50. The fraction of sp³-hybridized carbons (Fsp3) is 0.273. The standard InChI is InChI=1S/C11H11Cl2N3/c1-6-8(12)5-4-7-9(6)14-11(13)15-10(7)16(2)3/h4-5H,1-3H3. The zero-order valence-electron chi connectivity index (χ0n) is 9.25. The van der Waals surface area contributed by atoms with Gasteiger partial charge in [-0.25, -0.2) is 4.98 Å². The summed E-state index contributed by atoms with van der Waals surface area (Å²) in [5, 5.41) is 1.88. The molecule has 0 unspecified atom stereocenters. The van der Waals surface area contributed by atoms with E-state index >= 15 is 0 Å². The monoisotopic (exact) mass is 255 g/mol. The van der Waals surface area contributed by atoms with Crippen molar-refractivity contribution in [3.63, 3.8) is 0 Å². The highest BCUT2D eigenvalue weighted by Gasteiger charge is 2.11. The number of aryl methyl sites for hydroxylation is 1. The topological polar surface area (TPSA) is 29.0 Å². The van der Waals surface area contributed by atoms with Gasteiger partial charge in [-0.1, -0.05) is 11.6 Å². The molecule has 0 atom stereocenters. The van der Waals surface area contributed by atoms with E-state index < -0.39 is 0 Å². The number of aromatic nitrogens is 2. The maximum absolute atomic E-state index is 6.05. The highest BCUT2D eigenvalue weighted by molar-refractivity contribution is 6.32. The van der Waals surface area contributed by atoms with Crippen LogP contribution < -0.4 is 4.90 Å². The summed E-state index contributed by atoms with van der Waals surface area (Å²) in [6, 6.07) is 3.76. The molecule has 2 aromatic rings. The second-order valence-corrected chi connectivity index (χ2v) is 4.52. The Balaban J connectivity index is 2.89. The Bertz CT molecular complexity index is 552. The summed E-state index contributed by atoms with van der Waals surface area (Å²) >= 11 is 12.0. The van der Waals surface area contributed by atoms with Crippen LogP contribution in [0.2, 0.25) is 10.3 Å². The maximum Gasteiger partial charge on any atom is 0.224 e. The Morgan fingerprint density at radius 1 is 1.12 bits per heavy atom. The van der Waals surface area contributed by atoms with E-state index in [2.05, 4.69) is 9.97 Å². The molecule has 0 saturated heterocycles. The Morgan fingerprint density at radius 3 is 2.44 bits per heavy atom. The van der Waals surface area contributed by atoms with Gasteiger partial charge >= 0.3 is 0 Å². The van der Waals surface area contributed by atoms with Gasteiger partial charge in [-0.3, -0.25) is 0 Å². The van der Waals surface area contributed by atoms with Crippen LogP contribution in [0.5, 0.6) is 0 Å². The van der Waals surface area contributed by atoms with Gasteiger partial charge in [0.15, 0.2) is 0 Å². The predicted octanol–water partition coefficient (Wildman–Crippen LogP) is 3.31. The second kappa shape index (κ2) is 4.07. The van der Waals surface area contributed by atoms with Gasteiger partial charge in [-0.2, -0.15) is 4.98 Å². The second-order valence-electron chi connectivity index (χ2n) is 3.78. The van der Waals surface area contributed by atoms with Gasteiger partial charge in [0.05, 0.1) is 5.52 Å². The first-order valence-electron chi connectivity index (χ1n) is 4.80. The Kier molecular flexibility index (Phi) is 2.91. The van der Waals surface area contributed by atoms with Crippen molar-refractivity contribution in [3.05, 3.63) is 28.0 Å². The largest absolute Gasteiger partial charge is 0.362 e. The van der Waals surface area contributed by atoms with Crippen molar-refractivity contribution < 1.29 is 0 Å². The minimum Gasteiger partial charge on any atom is -0.362 e. The quantitative estimate of drug-likeness (QED) is 0.733. The lowest BCUT2D eigenvalue weighted by molar-refractivity contribution is 1.06. The first kappa shape index (κ1) is 11.4. The molecular formula is C11H11Cl2N3. The molecule has 0 aliphatic rings. The zero-order valence-corrected chi connectivity index (χ0v) is 10.8. The third-order valence-corrected chi connectivity index (χ3v) is 3.01. The van der Waals surface area contributed by atoms with E-state index in [0.717, 1.165) is 22.3 Å². The third-order valence-electron chi connectivity index (χ3n) is 2.43. The number of halogens is 2. The molecule has 1 aromatic carbocycles. The van der Waals surface area contributed by atoms with Gasteiger partial charge < -0.3 is 4.90 Å². The molecule has 0 N–H and O–H groups in total. The Hall–Kier alpha value is -1.06. The molecule has 3 nitrogen and oxygen atoms in total. The fourth-order valence-corrected chi connectivity index (χ4v) is 1.92.